The molecule has 2 amide bonds. The van der Waals surface area contributed by atoms with E-state index in [4.69, 9.17) is 0 Å². The molecule has 3 N–H and O–H groups in total. The summed E-state index contributed by atoms with van der Waals surface area (Å²) in [7, 11) is 0. The van der Waals surface area contributed by atoms with E-state index in [9.17, 15) is 19.5 Å². The van der Waals surface area contributed by atoms with Crippen molar-refractivity contribution in [3.8, 4) is 0 Å². The van der Waals surface area contributed by atoms with Gasteiger partial charge in [0.1, 0.15) is 6.04 Å². The van der Waals surface area contributed by atoms with Gasteiger partial charge in [-0.2, -0.15) is 11.3 Å². The van der Waals surface area contributed by atoms with Crippen molar-refractivity contribution in [3.05, 3.63) is 52.2 Å². The number of carbonyl (C=O) groups is 3. The number of carbonyl (C=O) groups excluding carboxylic acids is 2. The van der Waals surface area contributed by atoms with Crippen LogP contribution in [0.2, 0.25) is 0 Å². The molecule has 0 radical (unpaired) electrons. The third-order valence-corrected chi connectivity index (χ3v) is 4.20. The van der Waals surface area contributed by atoms with E-state index >= 15 is 0 Å². The molecule has 0 aliphatic rings. The maximum absolute atomic E-state index is 12.5. The van der Waals surface area contributed by atoms with Gasteiger partial charge < -0.3 is 15.7 Å². The monoisotopic (exact) mass is 360 g/mol. The fraction of sp³-hybridized carbons (Fsp3) is 0.278. The lowest BCUT2D eigenvalue weighted by molar-refractivity contribution is -0.139. The first kappa shape index (κ1) is 18.7. The van der Waals surface area contributed by atoms with Crippen LogP contribution in [0.1, 0.15) is 41.0 Å². The second-order valence-corrected chi connectivity index (χ2v) is 6.79. The number of benzene rings is 1. The lowest BCUT2D eigenvalue weighted by atomic mass is 10.0. The first-order chi connectivity index (χ1) is 11.9. The standard InChI is InChI=1S/C18H20N2O4S/c1-11(2)9-15(18(23)24)20-17(22)13-5-3-4-6-14(13)19-16(21)12-7-8-25-10-12/h3-8,10-11,15H,9H2,1-2H3,(H,19,21)(H,20,22)(H,23,24)/t15-/m1/s1. The second kappa shape index (κ2) is 8.43. The average molecular weight is 360 g/mol. The number of carboxylic acids is 1. The highest BCUT2D eigenvalue weighted by atomic mass is 32.1. The number of thiophene rings is 1. The van der Waals surface area contributed by atoms with E-state index in [1.807, 2.05) is 13.8 Å². The molecule has 25 heavy (non-hydrogen) atoms. The van der Waals surface area contributed by atoms with Gasteiger partial charge in [0.15, 0.2) is 0 Å². The largest absolute Gasteiger partial charge is 0.480 e. The van der Waals surface area contributed by atoms with Crippen molar-refractivity contribution in [2.75, 3.05) is 5.32 Å². The molecule has 1 atom stereocenters. The van der Waals surface area contributed by atoms with Crippen LogP contribution in [0.25, 0.3) is 0 Å². The topological polar surface area (TPSA) is 95.5 Å². The van der Waals surface area contributed by atoms with E-state index in [-0.39, 0.29) is 17.4 Å². The highest BCUT2D eigenvalue weighted by Gasteiger charge is 2.23. The Morgan fingerprint density at radius 2 is 1.84 bits per heavy atom. The van der Waals surface area contributed by atoms with E-state index in [0.717, 1.165) is 0 Å². The van der Waals surface area contributed by atoms with Crippen LogP contribution in [0.15, 0.2) is 41.1 Å². The average Bonchev–Trinajstić information content (AvgIpc) is 3.08. The van der Waals surface area contributed by atoms with Gasteiger partial charge in [-0.15, -0.1) is 0 Å². The number of hydrogen-bond donors (Lipinski definition) is 3. The zero-order valence-corrected chi connectivity index (χ0v) is 14.8. The lowest BCUT2D eigenvalue weighted by Crippen LogP contribution is -2.41. The molecule has 0 saturated carbocycles. The van der Waals surface area contributed by atoms with E-state index in [1.165, 1.54) is 11.3 Å². The summed E-state index contributed by atoms with van der Waals surface area (Å²) in [6, 6.07) is 7.22. The predicted molar refractivity (Wildman–Crippen MR) is 97.1 cm³/mol. The quantitative estimate of drug-likeness (QED) is 0.706. The predicted octanol–water partition coefficient (Wildman–Crippen LogP) is 3.23. The Labute approximate surface area is 149 Å². The van der Waals surface area contributed by atoms with Gasteiger partial charge in [-0.05, 0) is 35.9 Å². The minimum atomic E-state index is -1.08. The molecule has 1 heterocycles. The molecule has 0 fully saturated rings. The van der Waals surface area contributed by atoms with Crippen molar-refractivity contribution in [2.24, 2.45) is 5.92 Å². The Bertz CT molecular complexity index is 756. The number of para-hydroxylation sites is 1. The Morgan fingerprint density at radius 3 is 2.44 bits per heavy atom. The molecule has 0 saturated heterocycles. The van der Waals surface area contributed by atoms with Crippen molar-refractivity contribution in [2.45, 2.75) is 26.3 Å². The fourth-order valence-electron chi connectivity index (χ4n) is 2.31. The number of aliphatic carboxylic acids is 1. The summed E-state index contributed by atoms with van der Waals surface area (Å²) in [6.45, 7) is 3.77. The highest BCUT2D eigenvalue weighted by Crippen LogP contribution is 2.18. The van der Waals surface area contributed by atoms with Gasteiger partial charge in [0.2, 0.25) is 0 Å². The van der Waals surface area contributed by atoms with Gasteiger partial charge in [0.25, 0.3) is 11.8 Å². The number of carboxylic acid groups (broad SMARTS) is 1. The zero-order chi connectivity index (χ0) is 18.4. The van der Waals surface area contributed by atoms with Crippen molar-refractivity contribution in [3.63, 3.8) is 0 Å². The van der Waals surface area contributed by atoms with Gasteiger partial charge in [-0.1, -0.05) is 26.0 Å². The molecule has 6 nitrogen and oxygen atoms in total. The maximum atomic E-state index is 12.5. The number of anilines is 1. The molecule has 0 aliphatic carbocycles. The van der Waals surface area contributed by atoms with E-state index in [2.05, 4.69) is 10.6 Å². The molecule has 0 aliphatic heterocycles. The van der Waals surface area contributed by atoms with Gasteiger partial charge >= 0.3 is 5.97 Å². The first-order valence-electron chi connectivity index (χ1n) is 7.84. The molecule has 2 rings (SSSR count). The summed E-state index contributed by atoms with van der Waals surface area (Å²) in [5.41, 5.74) is 1.06. The van der Waals surface area contributed by atoms with Crippen molar-refractivity contribution < 1.29 is 19.5 Å². The third-order valence-electron chi connectivity index (χ3n) is 3.51. The molecule has 2 aromatic rings. The molecule has 7 heteroatoms. The third kappa shape index (κ3) is 5.15. The Hall–Kier alpha value is -2.67. The van der Waals surface area contributed by atoms with Crippen LogP contribution >= 0.6 is 11.3 Å². The van der Waals surface area contributed by atoms with Crippen LogP contribution in [0.5, 0.6) is 0 Å². The molecule has 0 unspecified atom stereocenters. The fourth-order valence-corrected chi connectivity index (χ4v) is 2.94. The van der Waals surface area contributed by atoms with Gasteiger partial charge in [0, 0.05) is 5.38 Å². The molecule has 0 spiro atoms. The van der Waals surface area contributed by atoms with E-state index in [0.29, 0.717) is 17.7 Å². The molecule has 1 aromatic carbocycles. The van der Waals surface area contributed by atoms with Crippen LogP contribution in [0.4, 0.5) is 5.69 Å². The number of nitrogens with one attached hydrogen (secondary N) is 2. The minimum Gasteiger partial charge on any atom is -0.480 e. The smallest absolute Gasteiger partial charge is 0.326 e. The summed E-state index contributed by atoms with van der Waals surface area (Å²) in [5, 5.41) is 18.0. The van der Waals surface area contributed by atoms with E-state index < -0.39 is 17.9 Å². The summed E-state index contributed by atoms with van der Waals surface area (Å²) >= 11 is 1.40. The van der Waals surface area contributed by atoms with Crippen LogP contribution in [0, 0.1) is 5.92 Å². The zero-order valence-electron chi connectivity index (χ0n) is 14.0. The summed E-state index contributed by atoms with van der Waals surface area (Å²) in [5.74, 6) is -1.82. The van der Waals surface area contributed by atoms with Crippen LogP contribution in [-0.2, 0) is 4.79 Å². The normalized spacial score (nSPS) is 11.8. The van der Waals surface area contributed by atoms with Crippen LogP contribution < -0.4 is 10.6 Å². The summed E-state index contributed by atoms with van der Waals surface area (Å²) < 4.78 is 0. The van der Waals surface area contributed by atoms with Crippen LogP contribution in [-0.4, -0.2) is 28.9 Å². The number of hydrogen-bond acceptors (Lipinski definition) is 4. The van der Waals surface area contributed by atoms with Crippen molar-refractivity contribution in [1.82, 2.24) is 5.32 Å². The molecule has 132 valence electrons. The first-order valence-corrected chi connectivity index (χ1v) is 8.79. The Kier molecular flexibility index (Phi) is 6.30. The highest BCUT2D eigenvalue weighted by molar-refractivity contribution is 7.08. The second-order valence-electron chi connectivity index (χ2n) is 6.01. The van der Waals surface area contributed by atoms with Crippen molar-refractivity contribution >= 4 is 34.8 Å². The number of amides is 2. The van der Waals surface area contributed by atoms with Gasteiger partial charge in [0.05, 0.1) is 16.8 Å². The lowest BCUT2D eigenvalue weighted by Gasteiger charge is -2.17. The van der Waals surface area contributed by atoms with Crippen LogP contribution in [0.3, 0.4) is 0 Å². The maximum Gasteiger partial charge on any atom is 0.326 e. The van der Waals surface area contributed by atoms with E-state index in [1.54, 1.807) is 41.1 Å². The van der Waals surface area contributed by atoms with Gasteiger partial charge in [-0.3, -0.25) is 9.59 Å². The summed E-state index contributed by atoms with van der Waals surface area (Å²) in [6.07, 6.45) is 0.324. The Morgan fingerprint density at radius 1 is 1.12 bits per heavy atom. The molecular formula is C18H20N2O4S. The van der Waals surface area contributed by atoms with Crippen molar-refractivity contribution in [1.29, 1.82) is 0 Å². The van der Waals surface area contributed by atoms with Gasteiger partial charge in [-0.25, -0.2) is 4.79 Å². The SMILES string of the molecule is CC(C)C[C@@H](NC(=O)c1ccccc1NC(=O)c1ccsc1)C(=O)O. The molecule has 0 bridgehead atoms. The summed E-state index contributed by atoms with van der Waals surface area (Å²) in [4.78, 5) is 36.0. The molecule has 1 aromatic heterocycles. The minimum absolute atomic E-state index is 0.120. The number of rotatable bonds is 7. The molecular weight excluding hydrogens is 340 g/mol. The Balaban J connectivity index is 2.17.